The number of carboxylic acids is 1. The van der Waals surface area contributed by atoms with Crippen LogP contribution in [0.25, 0.3) is 0 Å². The van der Waals surface area contributed by atoms with Gasteiger partial charge in [-0.3, -0.25) is 24.0 Å². The van der Waals surface area contributed by atoms with E-state index in [0.29, 0.717) is 19.3 Å². The zero-order valence-electron chi connectivity index (χ0n) is 19.1. The van der Waals surface area contributed by atoms with Crippen molar-refractivity contribution in [2.24, 2.45) is 17.6 Å². The molecule has 1 aliphatic rings. The number of aliphatic carboxylic acids is 1. The van der Waals surface area contributed by atoms with Crippen molar-refractivity contribution >= 4 is 29.6 Å². The van der Waals surface area contributed by atoms with Gasteiger partial charge >= 0.3 is 5.97 Å². The molecule has 1 rings (SSSR count). The number of carbonyl (C=O) groups excluding carboxylic acids is 4. The fraction of sp³-hybridized carbons (Fsp3) is 0.762. The zero-order valence-corrected chi connectivity index (χ0v) is 19.1. The standard InChI is InChI=1S/C21H37N5O6/c1-4-14(9-16(27)25-15-7-5-6-13(8-15)21(31)32)24-18(29)11-23-20(30)19(12(2)3)26-17(28)10-22/h12-15,19H,4-11,22H2,1-3H3,(H,23,30)(H,24,29)(H,25,27)(H,26,28)(H,31,32). The molecule has 0 aliphatic heterocycles. The Bertz CT molecular complexity index is 684. The van der Waals surface area contributed by atoms with Crippen LogP contribution in [0, 0.1) is 11.8 Å². The highest BCUT2D eigenvalue weighted by atomic mass is 16.4. The van der Waals surface area contributed by atoms with Crippen LogP contribution in [0.5, 0.6) is 0 Å². The summed E-state index contributed by atoms with van der Waals surface area (Å²) in [5, 5.41) is 19.8. The zero-order chi connectivity index (χ0) is 24.3. The van der Waals surface area contributed by atoms with Crippen molar-refractivity contribution in [2.75, 3.05) is 13.1 Å². The topological polar surface area (TPSA) is 180 Å². The van der Waals surface area contributed by atoms with E-state index in [0.717, 1.165) is 12.8 Å². The molecule has 0 radical (unpaired) electrons. The van der Waals surface area contributed by atoms with Gasteiger partial charge in [-0.15, -0.1) is 0 Å². The smallest absolute Gasteiger partial charge is 0.306 e. The molecule has 4 amide bonds. The Morgan fingerprint density at radius 1 is 1.03 bits per heavy atom. The third kappa shape index (κ3) is 9.63. The number of rotatable bonds is 12. The fourth-order valence-electron chi connectivity index (χ4n) is 3.68. The van der Waals surface area contributed by atoms with E-state index in [-0.39, 0.29) is 37.4 Å². The van der Waals surface area contributed by atoms with Crippen LogP contribution in [0.1, 0.15) is 59.3 Å². The number of carbonyl (C=O) groups is 5. The number of hydrogen-bond acceptors (Lipinski definition) is 6. The van der Waals surface area contributed by atoms with Crippen LogP contribution in [0.15, 0.2) is 0 Å². The van der Waals surface area contributed by atoms with Crippen molar-refractivity contribution in [3.05, 3.63) is 0 Å². The van der Waals surface area contributed by atoms with E-state index < -0.39 is 41.7 Å². The van der Waals surface area contributed by atoms with E-state index in [1.807, 2.05) is 6.92 Å². The van der Waals surface area contributed by atoms with Gasteiger partial charge in [0.15, 0.2) is 0 Å². The van der Waals surface area contributed by atoms with Crippen molar-refractivity contribution in [3.8, 4) is 0 Å². The highest BCUT2D eigenvalue weighted by Gasteiger charge is 2.28. The van der Waals surface area contributed by atoms with Gasteiger partial charge in [-0.05, 0) is 31.6 Å². The Kier molecular flexibility index (Phi) is 11.7. The number of hydrogen-bond donors (Lipinski definition) is 6. The number of amides is 4. The number of nitrogens with two attached hydrogens (primary N) is 1. The Hall–Kier alpha value is -2.69. The summed E-state index contributed by atoms with van der Waals surface area (Å²) in [6.07, 6.45) is 3.09. The third-order valence-electron chi connectivity index (χ3n) is 5.55. The molecule has 1 saturated carbocycles. The molecule has 182 valence electrons. The molecule has 7 N–H and O–H groups in total. The lowest BCUT2D eigenvalue weighted by atomic mass is 9.85. The molecule has 11 nitrogen and oxygen atoms in total. The molecular formula is C21H37N5O6. The maximum absolute atomic E-state index is 12.4. The molecular weight excluding hydrogens is 418 g/mol. The lowest BCUT2D eigenvalue weighted by Crippen LogP contribution is -2.53. The summed E-state index contributed by atoms with van der Waals surface area (Å²) in [6.45, 7) is 4.82. The quantitative estimate of drug-likeness (QED) is 0.224. The van der Waals surface area contributed by atoms with Crippen LogP contribution in [0.4, 0.5) is 0 Å². The second-order valence-electron chi connectivity index (χ2n) is 8.55. The molecule has 0 spiro atoms. The van der Waals surface area contributed by atoms with Gasteiger partial charge in [0.2, 0.25) is 23.6 Å². The number of nitrogens with one attached hydrogen (secondary N) is 4. The Balaban J connectivity index is 2.47. The average molecular weight is 456 g/mol. The van der Waals surface area contributed by atoms with Crippen LogP contribution in [-0.2, 0) is 24.0 Å². The molecule has 11 heteroatoms. The molecule has 0 aromatic rings. The molecule has 4 atom stereocenters. The first-order valence-electron chi connectivity index (χ1n) is 11.2. The predicted octanol–water partition coefficient (Wildman–Crippen LogP) is -0.753. The Morgan fingerprint density at radius 2 is 1.72 bits per heavy atom. The lowest BCUT2D eigenvalue weighted by molar-refractivity contribution is -0.143. The molecule has 1 aliphatic carbocycles. The molecule has 0 heterocycles. The summed E-state index contributed by atoms with van der Waals surface area (Å²) in [5.41, 5.74) is 5.27. The lowest BCUT2D eigenvalue weighted by Gasteiger charge is -2.28. The molecule has 32 heavy (non-hydrogen) atoms. The van der Waals surface area contributed by atoms with Crippen molar-refractivity contribution < 1.29 is 29.1 Å². The summed E-state index contributed by atoms with van der Waals surface area (Å²) >= 11 is 0. The van der Waals surface area contributed by atoms with E-state index in [2.05, 4.69) is 21.3 Å². The van der Waals surface area contributed by atoms with Crippen LogP contribution in [0.3, 0.4) is 0 Å². The maximum Gasteiger partial charge on any atom is 0.306 e. The van der Waals surface area contributed by atoms with E-state index in [4.69, 9.17) is 10.8 Å². The monoisotopic (exact) mass is 455 g/mol. The van der Waals surface area contributed by atoms with Gasteiger partial charge in [-0.2, -0.15) is 0 Å². The molecule has 0 saturated heterocycles. The maximum atomic E-state index is 12.4. The summed E-state index contributed by atoms with van der Waals surface area (Å²) in [4.78, 5) is 59.6. The number of carboxylic acid groups (broad SMARTS) is 1. The Labute approximate surface area is 188 Å². The molecule has 0 bridgehead atoms. The predicted molar refractivity (Wildman–Crippen MR) is 117 cm³/mol. The first-order chi connectivity index (χ1) is 15.1. The molecule has 1 fully saturated rings. The summed E-state index contributed by atoms with van der Waals surface area (Å²) in [7, 11) is 0. The van der Waals surface area contributed by atoms with Crippen molar-refractivity contribution in [1.29, 1.82) is 0 Å². The summed E-state index contributed by atoms with van der Waals surface area (Å²) in [6, 6.07) is -1.41. The average Bonchev–Trinajstić information content (AvgIpc) is 2.74. The van der Waals surface area contributed by atoms with Crippen LogP contribution in [0.2, 0.25) is 0 Å². The van der Waals surface area contributed by atoms with Crippen LogP contribution >= 0.6 is 0 Å². The van der Waals surface area contributed by atoms with E-state index >= 15 is 0 Å². The van der Waals surface area contributed by atoms with Crippen LogP contribution < -0.4 is 27.0 Å². The fourth-order valence-corrected chi connectivity index (χ4v) is 3.68. The largest absolute Gasteiger partial charge is 0.481 e. The third-order valence-corrected chi connectivity index (χ3v) is 5.55. The van der Waals surface area contributed by atoms with Gasteiger partial charge in [0, 0.05) is 18.5 Å². The minimum Gasteiger partial charge on any atom is -0.481 e. The minimum absolute atomic E-state index is 0.0611. The van der Waals surface area contributed by atoms with Crippen molar-refractivity contribution in [3.63, 3.8) is 0 Å². The van der Waals surface area contributed by atoms with Gasteiger partial charge in [0.1, 0.15) is 6.04 Å². The second kappa shape index (κ2) is 13.7. The van der Waals surface area contributed by atoms with Gasteiger partial charge in [-0.1, -0.05) is 27.2 Å². The highest BCUT2D eigenvalue weighted by Crippen LogP contribution is 2.24. The highest BCUT2D eigenvalue weighted by molar-refractivity contribution is 5.91. The SMILES string of the molecule is CCC(CC(=O)NC1CCCC(C(=O)O)C1)NC(=O)CNC(=O)C(NC(=O)CN)C(C)C. The molecule has 0 aromatic carbocycles. The molecule has 4 unspecified atom stereocenters. The first-order valence-corrected chi connectivity index (χ1v) is 11.2. The van der Waals surface area contributed by atoms with Crippen molar-refractivity contribution in [2.45, 2.75) is 77.4 Å². The van der Waals surface area contributed by atoms with Crippen LogP contribution in [-0.4, -0.2) is 65.9 Å². The second-order valence-corrected chi connectivity index (χ2v) is 8.55. The van der Waals surface area contributed by atoms with Crippen molar-refractivity contribution in [1.82, 2.24) is 21.3 Å². The van der Waals surface area contributed by atoms with E-state index in [1.165, 1.54) is 0 Å². The minimum atomic E-state index is -0.841. The van der Waals surface area contributed by atoms with Gasteiger partial charge in [0.25, 0.3) is 0 Å². The summed E-state index contributed by atoms with van der Waals surface area (Å²) in [5.74, 6) is -3.13. The summed E-state index contributed by atoms with van der Waals surface area (Å²) < 4.78 is 0. The molecule has 0 aromatic heterocycles. The Morgan fingerprint density at radius 3 is 2.28 bits per heavy atom. The van der Waals surface area contributed by atoms with Gasteiger partial charge in [-0.25, -0.2) is 0 Å². The van der Waals surface area contributed by atoms with E-state index in [9.17, 15) is 24.0 Å². The normalized spacial score (nSPS) is 20.0. The van der Waals surface area contributed by atoms with E-state index in [1.54, 1.807) is 13.8 Å². The first kappa shape index (κ1) is 27.3. The van der Waals surface area contributed by atoms with Gasteiger partial charge < -0.3 is 32.1 Å². The van der Waals surface area contributed by atoms with Gasteiger partial charge in [0.05, 0.1) is 19.0 Å².